The van der Waals surface area contributed by atoms with Crippen LogP contribution in [0.25, 0.3) is 0 Å². The summed E-state index contributed by atoms with van der Waals surface area (Å²) < 4.78 is 5.93. The summed E-state index contributed by atoms with van der Waals surface area (Å²) in [6, 6.07) is 0. The van der Waals surface area contributed by atoms with Gasteiger partial charge in [0.1, 0.15) is 0 Å². The lowest BCUT2D eigenvalue weighted by Gasteiger charge is -2.41. The van der Waals surface area contributed by atoms with Gasteiger partial charge in [0.05, 0.1) is 12.2 Å². The van der Waals surface area contributed by atoms with Gasteiger partial charge in [-0.2, -0.15) is 0 Å². The van der Waals surface area contributed by atoms with E-state index in [-0.39, 0.29) is 0 Å². The van der Waals surface area contributed by atoms with Crippen molar-refractivity contribution in [3.8, 4) is 0 Å². The molecule has 136 valence electrons. The molecule has 0 N–H and O–H groups in total. The molecule has 2 rings (SSSR count). The Morgan fingerprint density at radius 3 is 1.87 bits per heavy atom. The van der Waals surface area contributed by atoms with Gasteiger partial charge in [0.2, 0.25) is 0 Å². The molecule has 0 aromatic heterocycles. The number of rotatable bonds is 12. The van der Waals surface area contributed by atoms with Gasteiger partial charge in [0, 0.05) is 0 Å². The minimum absolute atomic E-state index is 0.612. The van der Waals surface area contributed by atoms with E-state index in [2.05, 4.69) is 27.7 Å². The molecule has 1 saturated heterocycles. The summed E-state index contributed by atoms with van der Waals surface area (Å²) in [4.78, 5) is 0. The Labute approximate surface area is 146 Å². The highest BCUT2D eigenvalue weighted by Gasteiger charge is 2.50. The monoisotopic (exact) mass is 322 g/mol. The lowest BCUT2D eigenvalue weighted by molar-refractivity contribution is 0.103. The quantitative estimate of drug-likeness (QED) is 0.348. The lowest BCUT2D eigenvalue weighted by Crippen LogP contribution is -2.32. The maximum absolute atomic E-state index is 5.93. The van der Waals surface area contributed by atoms with Gasteiger partial charge >= 0.3 is 0 Å². The van der Waals surface area contributed by atoms with Crippen molar-refractivity contribution in [3.63, 3.8) is 0 Å². The maximum Gasteiger partial charge on any atom is 0.0847 e. The maximum atomic E-state index is 5.93. The SMILES string of the molecule is CCCCC(CC)CC1(CC(CC)CCCC)CCC2OC2C1. The predicted molar refractivity (Wildman–Crippen MR) is 101 cm³/mol. The molecule has 2 fully saturated rings. The number of ether oxygens (including phenoxy) is 1. The standard InChI is InChI=1S/C22H42O/c1-5-9-11-18(7-3)15-22(14-13-20-21(17-22)23-20)16-19(8-4)12-10-6-2/h18-21H,5-17H2,1-4H3. The molecule has 0 amide bonds. The molecule has 0 radical (unpaired) electrons. The zero-order valence-electron chi connectivity index (χ0n) is 16.4. The van der Waals surface area contributed by atoms with E-state index in [1.54, 1.807) is 0 Å². The van der Waals surface area contributed by atoms with Crippen LogP contribution in [0, 0.1) is 17.3 Å². The Kier molecular flexibility index (Phi) is 7.92. The van der Waals surface area contributed by atoms with Gasteiger partial charge in [-0.05, 0) is 49.4 Å². The van der Waals surface area contributed by atoms with Crippen LogP contribution in [0.3, 0.4) is 0 Å². The molecule has 0 bridgehead atoms. The fourth-order valence-electron chi connectivity index (χ4n) is 5.16. The first kappa shape index (κ1) is 19.3. The molecule has 0 aromatic carbocycles. The number of hydrogen-bond donors (Lipinski definition) is 0. The molecule has 4 unspecified atom stereocenters. The summed E-state index contributed by atoms with van der Waals surface area (Å²) in [6.07, 6.45) is 19.6. The molecule has 2 aliphatic rings. The molecular formula is C22H42O. The van der Waals surface area contributed by atoms with Crippen LogP contribution in [0.4, 0.5) is 0 Å². The second-order valence-corrected chi connectivity index (χ2v) is 8.70. The highest BCUT2D eigenvalue weighted by Crippen LogP contribution is 2.53. The molecular weight excluding hydrogens is 280 g/mol. The number of epoxide rings is 1. The van der Waals surface area contributed by atoms with E-state index in [9.17, 15) is 0 Å². The van der Waals surface area contributed by atoms with Crippen molar-refractivity contribution >= 4 is 0 Å². The van der Waals surface area contributed by atoms with Crippen LogP contribution in [-0.2, 0) is 4.74 Å². The molecule has 0 spiro atoms. The van der Waals surface area contributed by atoms with Crippen LogP contribution in [0.5, 0.6) is 0 Å². The Bertz CT molecular complexity index is 306. The van der Waals surface area contributed by atoms with E-state index in [4.69, 9.17) is 4.74 Å². The second-order valence-electron chi connectivity index (χ2n) is 8.70. The summed E-state index contributed by atoms with van der Waals surface area (Å²) in [5.74, 6) is 1.91. The molecule has 23 heavy (non-hydrogen) atoms. The third-order valence-electron chi connectivity index (χ3n) is 6.81. The first-order chi connectivity index (χ1) is 11.2. The largest absolute Gasteiger partial charge is 0.370 e. The van der Waals surface area contributed by atoms with Gasteiger partial charge in [-0.3, -0.25) is 0 Å². The summed E-state index contributed by atoms with van der Waals surface area (Å²) in [6.45, 7) is 9.51. The summed E-state index contributed by atoms with van der Waals surface area (Å²) in [5, 5.41) is 0. The molecule has 1 heterocycles. The average Bonchev–Trinajstić information content (AvgIpc) is 3.33. The summed E-state index contributed by atoms with van der Waals surface area (Å²) in [5.41, 5.74) is 0.612. The molecule has 1 saturated carbocycles. The van der Waals surface area contributed by atoms with Gasteiger partial charge in [-0.1, -0.05) is 79.1 Å². The van der Waals surface area contributed by atoms with Crippen molar-refractivity contribution in [2.45, 2.75) is 123 Å². The van der Waals surface area contributed by atoms with Crippen LogP contribution >= 0.6 is 0 Å². The summed E-state index contributed by atoms with van der Waals surface area (Å²) in [7, 11) is 0. The fourth-order valence-corrected chi connectivity index (χ4v) is 5.16. The number of hydrogen-bond acceptors (Lipinski definition) is 1. The van der Waals surface area contributed by atoms with Gasteiger partial charge < -0.3 is 4.74 Å². The lowest BCUT2D eigenvalue weighted by atomic mass is 9.63. The Balaban J connectivity index is 1.99. The normalized spacial score (nSPS) is 32.3. The van der Waals surface area contributed by atoms with Gasteiger partial charge in [0.25, 0.3) is 0 Å². The Morgan fingerprint density at radius 1 is 0.870 bits per heavy atom. The molecule has 1 aliphatic carbocycles. The van der Waals surface area contributed by atoms with Crippen LogP contribution in [0.1, 0.15) is 111 Å². The van der Waals surface area contributed by atoms with E-state index in [1.807, 2.05) is 0 Å². The summed E-state index contributed by atoms with van der Waals surface area (Å²) >= 11 is 0. The molecule has 1 aliphatic heterocycles. The third-order valence-corrected chi connectivity index (χ3v) is 6.81. The zero-order valence-corrected chi connectivity index (χ0v) is 16.4. The van der Waals surface area contributed by atoms with Crippen molar-refractivity contribution in [1.82, 2.24) is 0 Å². The fraction of sp³-hybridized carbons (Fsp3) is 1.00. The third kappa shape index (κ3) is 5.76. The van der Waals surface area contributed by atoms with E-state index in [0.717, 1.165) is 11.8 Å². The number of fused-ring (bicyclic) bond motifs is 1. The molecule has 1 heteroatoms. The number of unbranched alkanes of at least 4 members (excludes halogenated alkanes) is 2. The first-order valence-electron chi connectivity index (χ1n) is 10.8. The van der Waals surface area contributed by atoms with Gasteiger partial charge in [0.15, 0.2) is 0 Å². The van der Waals surface area contributed by atoms with Crippen LogP contribution in [-0.4, -0.2) is 12.2 Å². The van der Waals surface area contributed by atoms with Crippen LogP contribution in [0.2, 0.25) is 0 Å². The minimum Gasteiger partial charge on any atom is -0.370 e. The first-order valence-corrected chi connectivity index (χ1v) is 10.8. The minimum atomic E-state index is 0.612. The zero-order chi connectivity index (χ0) is 16.7. The highest BCUT2D eigenvalue weighted by atomic mass is 16.6. The topological polar surface area (TPSA) is 12.5 Å². The Morgan fingerprint density at radius 2 is 1.43 bits per heavy atom. The van der Waals surface area contributed by atoms with Crippen molar-refractivity contribution in [2.24, 2.45) is 17.3 Å². The van der Waals surface area contributed by atoms with E-state index >= 15 is 0 Å². The Hall–Kier alpha value is -0.0400. The van der Waals surface area contributed by atoms with E-state index < -0.39 is 0 Å². The molecule has 4 atom stereocenters. The van der Waals surface area contributed by atoms with Crippen molar-refractivity contribution in [1.29, 1.82) is 0 Å². The van der Waals surface area contributed by atoms with Crippen LogP contribution < -0.4 is 0 Å². The smallest absolute Gasteiger partial charge is 0.0847 e. The van der Waals surface area contributed by atoms with Crippen LogP contribution in [0.15, 0.2) is 0 Å². The highest BCUT2D eigenvalue weighted by molar-refractivity contribution is 5.00. The average molecular weight is 323 g/mol. The van der Waals surface area contributed by atoms with E-state index in [1.165, 1.54) is 83.5 Å². The van der Waals surface area contributed by atoms with Crippen molar-refractivity contribution in [3.05, 3.63) is 0 Å². The predicted octanol–water partition coefficient (Wildman–Crippen LogP) is 7.14. The molecule has 1 nitrogen and oxygen atoms in total. The molecule has 0 aromatic rings. The van der Waals surface area contributed by atoms with E-state index in [0.29, 0.717) is 17.6 Å². The van der Waals surface area contributed by atoms with Gasteiger partial charge in [-0.25, -0.2) is 0 Å². The van der Waals surface area contributed by atoms with Crippen molar-refractivity contribution < 1.29 is 4.74 Å². The van der Waals surface area contributed by atoms with Gasteiger partial charge in [-0.15, -0.1) is 0 Å². The second kappa shape index (κ2) is 9.44. The van der Waals surface area contributed by atoms with Crippen molar-refractivity contribution in [2.75, 3.05) is 0 Å².